The molecule has 1 unspecified atom stereocenters. The minimum atomic E-state index is -0.540. The molecular weight excluding hydrogens is 330 g/mol. The summed E-state index contributed by atoms with van der Waals surface area (Å²) >= 11 is 0. The van der Waals surface area contributed by atoms with Crippen molar-refractivity contribution in [3.05, 3.63) is 28.7 Å². The molecule has 0 aromatic carbocycles. The fourth-order valence-electron chi connectivity index (χ4n) is 3.29. The van der Waals surface area contributed by atoms with E-state index in [1.165, 1.54) is 0 Å². The van der Waals surface area contributed by atoms with Gasteiger partial charge in [0.15, 0.2) is 5.65 Å². The molecule has 2 aromatic heterocycles. The number of aryl methyl sites for hydroxylation is 1. The predicted octanol–water partition coefficient (Wildman–Crippen LogP) is 3.68. The first-order valence-corrected chi connectivity index (χ1v) is 8.98. The van der Waals surface area contributed by atoms with Gasteiger partial charge >= 0.3 is 6.09 Å². The summed E-state index contributed by atoms with van der Waals surface area (Å²) in [6.07, 6.45) is 2.47. The summed E-state index contributed by atoms with van der Waals surface area (Å²) in [6, 6.07) is 3.93. The summed E-state index contributed by atoms with van der Waals surface area (Å²) in [7, 11) is 0. The molecule has 1 atom stereocenters. The predicted molar refractivity (Wildman–Crippen MR) is 96.7 cm³/mol. The van der Waals surface area contributed by atoms with Crippen molar-refractivity contribution in [3.63, 3.8) is 0 Å². The van der Waals surface area contributed by atoms with Gasteiger partial charge in [0.2, 0.25) is 0 Å². The van der Waals surface area contributed by atoms with Crippen LogP contribution in [-0.4, -0.2) is 37.7 Å². The van der Waals surface area contributed by atoms with Crippen LogP contribution in [0.5, 0.6) is 0 Å². The highest BCUT2D eigenvalue weighted by Crippen LogP contribution is 2.32. The zero-order valence-corrected chi connectivity index (χ0v) is 16.0. The quantitative estimate of drug-likeness (QED) is 0.779. The highest BCUT2D eigenvalue weighted by atomic mass is 16.6. The number of hydrogen-bond donors (Lipinski definition) is 0. The zero-order valence-electron chi connectivity index (χ0n) is 16.0. The molecule has 7 nitrogen and oxygen atoms in total. The number of fused-ring (bicyclic) bond motifs is 1. The lowest BCUT2D eigenvalue weighted by Crippen LogP contribution is -2.42. The number of nitrogens with zero attached hydrogens (tertiary/aromatic N) is 5. The average Bonchev–Trinajstić information content (AvgIpc) is 2.97. The lowest BCUT2D eigenvalue weighted by atomic mass is 10.00. The molecule has 1 aliphatic heterocycles. The topological polar surface area (TPSA) is 83.5 Å². The monoisotopic (exact) mass is 355 g/mol. The fraction of sp³-hybridized carbons (Fsp3) is 0.579. The number of ether oxygens (including phenoxy) is 1. The van der Waals surface area contributed by atoms with Crippen molar-refractivity contribution in [1.82, 2.24) is 19.5 Å². The van der Waals surface area contributed by atoms with Gasteiger partial charge in [-0.2, -0.15) is 10.4 Å². The second-order valence-electron chi connectivity index (χ2n) is 7.81. The summed E-state index contributed by atoms with van der Waals surface area (Å²) < 4.78 is 7.15. The van der Waals surface area contributed by atoms with Crippen LogP contribution >= 0.6 is 0 Å². The highest BCUT2D eigenvalue weighted by molar-refractivity contribution is 5.69. The van der Waals surface area contributed by atoms with Crippen LogP contribution in [0.15, 0.2) is 6.07 Å². The van der Waals surface area contributed by atoms with E-state index in [-0.39, 0.29) is 12.1 Å². The molecule has 1 fully saturated rings. The molecule has 7 heteroatoms. The van der Waals surface area contributed by atoms with Gasteiger partial charge in [-0.1, -0.05) is 0 Å². The molecule has 2 aromatic rings. The first-order chi connectivity index (χ1) is 12.2. The molecule has 3 rings (SSSR count). The minimum absolute atomic E-state index is 0.160. The van der Waals surface area contributed by atoms with Gasteiger partial charge in [-0.25, -0.2) is 14.3 Å². The van der Waals surface area contributed by atoms with Gasteiger partial charge in [-0.15, -0.1) is 0 Å². The fourth-order valence-corrected chi connectivity index (χ4v) is 3.29. The molecule has 1 aliphatic rings. The molecule has 1 amide bonds. The second-order valence-corrected chi connectivity index (χ2v) is 7.81. The molecule has 3 heterocycles. The third kappa shape index (κ3) is 3.36. The first-order valence-electron chi connectivity index (χ1n) is 8.98. The number of aromatic nitrogens is 3. The van der Waals surface area contributed by atoms with Crippen molar-refractivity contribution in [2.24, 2.45) is 0 Å². The number of likely N-dealkylation sites (tertiary alicyclic amines) is 1. The van der Waals surface area contributed by atoms with E-state index in [0.717, 1.165) is 36.2 Å². The maximum Gasteiger partial charge on any atom is 0.410 e. The first kappa shape index (κ1) is 18.2. The van der Waals surface area contributed by atoms with Gasteiger partial charge in [0.05, 0.1) is 11.7 Å². The number of nitriles is 1. The summed E-state index contributed by atoms with van der Waals surface area (Å²) in [6.45, 7) is 9.99. The van der Waals surface area contributed by atoms with Crippen molar-refractivity contribution in [2.75, 3.05) is 6.54 Å². The third-order valence-corrected chi connectivity index (χ3v) is 4.68. The van der Waals surface area contributed by atoms with Gasteiger partial charge in [-0.05, 0) is 53.9 Å². The Labute approximate surface area is 153 Å². The molecule has 0 N–H and O–H groups in total. The summed E-state index contributed by atoms with van der Waals surface area (Å²) in [5, 5.41) is 14.1. The summed E-state index contributed by atoms with van der Waals surface area (Å²) in [4.78, 5) is 18.9. The number of piperidine rings is 1. The maximum atomic E-state index is 12.6. The Bertz CT molecular complexity index is 888. The van der Waals surface area contributed by atoms with Crippen LogP contribution in [0.4, 0.5) is 4.79 Å². The van der Waals surface area contributed by atoms with E-state index in [4.69, 9.17) is 4.74 Å². The zero-order chi connectivity index (χ0) is 19.1. The molecule has 0 spiro atoms. The maximum absolute atomic E-state index is 12.6. The Morgan fingerprint density at radius 1 is 1.35 bits per heavy atom. The summed E-state index contributed by atoms with van der Waals surface area (Å²) in [5.74, 6) is 0. The largest absolute Gasteiger partial charge is 0.444 e. The Hall–Kier alpha value is -2.62. The Kier molecular flexibility index (Phi) is 4.61. The Morgan fingerprint density at radius 3 is 2.73 bits per heavy atom. The van der Waals surface area contributed by atoms with E-state index < -0.39 is 5.60 Å². The Morgan fingerprint density at radius 2 is 2.08 bits per heavy atom. The molecule has 0 saturated carbocycles. The average molecular weight is 355 g/mol. The molecular formula is C19H25N5O2. The third-order valence-electron chi connectivity index (χ3n) is 4.68. The van der Waals surface area contributed by atoms with Crippen molar-refractivity contribution >= 4 is 11.7 Å². The minimum Gasteiger partial charge on any atom is -0.444 e. The normalized spacial score (nSPS) is 18.0. The van der Waals surface area contributed by atoms with E-state index in [2.05, 4.69) is 16.2 Å². The molecule has 26 heavy (non-hydrogen) atoms. The molecule has 1 saturated heterocycles. The molecule has 138 valence electrons. The SMILES string of the molecule is Cc1nc2cc(C3CCCCN3C(=O)OC(C)(C)C)nn2c(C#N)c1C. The van der Waals surface area contributed by atoms with Gasteiger partial charge in [0, 0.05) is 23.9 Å². The van der Waals surface area contributed by atoms with E-state index in [9.17, 15) is 10.1 Å². The van der Waals surface area contributed by atoms with Crippen molar-refractivity contribution in [1.29, 1.82) is 5.26 Å². The van der Waals surface area contributed by atoms with E-state index in [1.807, 2.05) is 40.7 Å². The van der Waals surface area contributed by atoms with E-state index in [0.29, 0.717) is 17.9 Å². The van der Waals surface area contributed by atoms with E-state index >= 15 is 0 Å². The smallest absolute Gasteiger partial charge is 0.410 e. The summed E-state index contributed by atoms with van der Waals surface area (Å²) in [5.41, 5.74) is 2.97. The van der Waals surface area contributed by atoms with Gasteiger partial charge < -0.3 is 4.74 Å². The lowest BCUT2D eigenvalue weighted by Gasteiger charge is -2.35. The molecule has 0 radical (unpaired) electrons. The highest BCUT2D eigenvalue weighted by Gasteiger charge is 2.33. The second kappa shape index (κ2) is 6.60. The number of amides is 1. The van der Waals surface area contributed by atoms with Crippen molar-refractivity contribution in [3.8, 4) is 6.07 Å². The van der Waals surface area contributed by atoms with Crippen LogP contribution in [0.3, 0.4) is 0 Å². The van der Waals surface area contributed by atoms with Crippen LogP contribution < -0.4 is 0 Å². The van der Waals surface area contributed by atoms with Crippen LogP contribution in [0.2, 0.25) is 0 Å². The lowest BCUT2D eigenvalue weighted by molar-refractivity contribution is 0.00897. The van der Waals surface area contributed by atoms with Gasteiger partial charge in [0.25, 0.3) is 0 Å². The van der Waals surface area contributed by atoms with Gasteiger partial charge in [0.1, 0.15) is 17.4 Å². The number of carbonyl (C=O) groups is 1. The van der Waals surface area contributed by atoms with Gasteiger partial charge in [-0.3, -0.25) is 4.90 Å². The van der Waals surface area contributed by atoms with Crippen LogP contribution in [0.25, 0.3) is 5.65 Å². The number of carbonyl (C=O) groups excluding carboxylic acids is 1. The standard InChI is InChI=1S/C19H25N5O2/c1-12-13(2)21-17-10-14(22-24(17)16(12)11-20)15-8-6-7-9-23(15)18(25)26-19(3,4)5/h10,15H,6-9H2,1-5H3. The van der Waals surface area contributed by atoms with Crippen LogP contribution in [0.1, 0.15) is 68.7 Å². The number of rotatable bonds is 1. The molecule has 0 aliphatic carbocycles. The Balaban J connectivity index is 2.01. The molecule has 0 bridgehead atoms. The number of hydrogen-bond acceptors (Lipinski definition) is 5. The van der Waals surface area contributed by atoms with E-state index in [1.54, 1.807) is 9.42 Å². The van der Waals surface area contributed by atoms with Crippen LogP contribution in [0, 0.1) is 25.2 Å². The van der Waals surface area contributed by atoms with Crippen molar-refractivity contribution in [2.45, 2.75) is 65.5 Å². The van der Waals surface area contributed by atoms with Crippen LogP contribution in [-0.2, 0) is 4.74 Å². The van der Waals surface area contributed by atoms with Crippen molar-refractivity contribution < 1.29 is 9.53 Å².